The van der Waals surface area contributed by atoms with Gasteiger partial charge in [-0.3, -0.25) is 4.79 Å². The Morgan fingerprint density at radius 1 is 1.19 bits per heavy atom. The third-order valence-electron chi connectivity index (χ3n) is 3.74. The quantitative estimate of drug-likeness (QED) is 0.651. The maximum absolute atomic E-state index is 12.4. The van der Waals surface area contributed by atoms with E-state index < -0.39 is 6.61 Å². The molecule has 1 N–H and O–H groups in total. The summed E-state index contributed by atoms with van der Waals surface area (Å²) >= 11 is 1.35. The summed E-state index contributed by atoms with van der Waals surface area (Å²) in [6, 6.07) is 13.5. The van der Waals surface area contributed by atoms with E-state index in [-0.39, 0.29) is 16.9 Å². The van der Waals surface area contributed by atoms with E-state index in [0.717, 1.165) is 16.2 Å². The summed E-state index contributed by atoms with van der Waals surface area (Å²) in [4.78, 5) is 16.9. The number of aromatic nitrogens is 2. The van der Waals surface area contributed by atoms with E-state index in [1.165, 1.54) is 36.0 Å². The zero-order chi connectivity index (χ0) is 18.7. The summed E-state index contributed by atoms with van der Waals surface area (Å²) in [5.74, 6) is -0.162. The normalized spacial score (nSPS) is 12.3. The van der Waals surface area contributed by atoms with Crippen molar-refractivity contribution in [3.63, 3.8) is 0 Å². The lowest BCUT2D eigenvalue weighted by Gasteiger charge is -2.12. The van der Waals surface area contributed by atoms with Crippen LogP contribution in [0.25, 0.3) is 11.0 Å². The maximum Gasteiger partial charge on any atom is 0.387 e. The van der Waals surface area contributed by atoms with Crippen LogP contribution in [-0.2, 0) is 11.8 Å². The molecule has 0 aliphatic carbocycles. The van der Waals surface area contributed by atoms with Crippen LogP contribution in [-0.4, -0.2) is 27.3 Å². The van der Waals surface area contributed by atoms with Gasteiger partial charge >= 0.3 is 6.61 Å². The number of alkyl halides is 2. The number of nitrogens with one attached hydrogen (secondary N) is 1. The SMILES string of the molecule is CC(Sc1nc2ccccc2n1C)C(=O)Nc1ccc(OC(F)F)cc1. The number of aryl methyl sites for hydroxylation is 1. The molecule has 1 unspecified atom stereocenters. The van der Waals surface area contributed by atoms with Crippen molar-refractivity contribution in [2.75, 3.05) is 5.32 Å². The molecule has 0 aliphatic rings. The number of nitrogens with zero attached hydrogens (tertiary/aromatic N) is 2. The van der Waals surface area contributed by atoms with Gasteiger partial charge in [-0.2, -0.15) is 8.78 Å². The van der Waals surface area contributed by atoms with Crippen molar-refractivity contribution in [1.29, 1.82) is 0 Å². The van der Waals surface area contributed by atoms with E-state index >= 15 is 0 Å². The minimum Gasteiger partial charge on any atom is -0.435 e. The molecule has 1 atom stereocenters. The number of halogens is 2. The summed E-state index contributed by atoms with van der Waals surface area (Å²) in [5, 5.41) is 3.11. The molecule has 0 bridgehead atoms. The first-order valence-electron chi connectivity index (χ1n) is 7.88. The number of ether oxygens (including phenoxy) is 1. The second-order valence-corrected chi connectivity index (χ2v) is 6.90. The molecule has 0 radical (unpaired) electrons. The van der Waals surface area contributed by atoms with Crippen LogP contribution in [0.1, 0.15) is 6.92 Å². The van der Waals surface area contributed by atoms with Crippen molar-refractivity contribution in [3.05, 3.63) is 48.5 Å². The molecule has 0 saturated carbocycles. The monoisotopic (exact) mass is 377 g/mol. The molecule has 5 nitrogen and oxygen atoms in total. The Morgan fingerprint density at radius 3 is 2.54 bits per heavy atom. The molecular formula is C18H17F2N3O2S. The van der Waals surface area contributed by atoms with E-state index in [9.17, 15) is 13.6 Å². The predicted octanol–water partition coefficient (Wildman–Crippen LogP) is 4.29. The third-order valence-corrected chi connectivity index (χ3v) is 4.89. The molecular weight excluding hydrogens is 360 g/mol. The molecule has 1 heterocycles. The minimum atomic E-state index is -2.87. The highest BCUT2D eigenvalue weighted by Gasteiger charge is 2.18. The van der Waals surface area contributed by atoms with Crippen LogP contribution >= 0.6 is 11.8 Å². The number of hydrogen-bond acceptors (Lipinski definition) is 4. The largest absolute Gasteiger partial charge is 0.435 e. The van der Waals surface area contributed by atoms with Crippen LogP contribution in [0.2, 0.25) is 0 Å². The first-order chi connectivity index (χ1) is 12.4. The zero-order valence-corrected chi connectivity index (χ0v) is 15.0. The van der Waals surface area contributed by atoms with Gasteiger partial charge in [0.1, 0.15) is 5.75 Å². The van der Waals surface area contributed by atoms with Gasteiger partial charge in [-0.05, 0) is 43.3 Å². The molecule has 1 aromatic heterocycles. The van der Waals surface area contributed by atoms with Gasteiger partial charge in [0.05, 0.1) is 16.3 Å². The number of carbonyl (C=O) groups is 1. The van der Waals surface area contributed by atoms with Crippen molar-refractivity contribution in [2.45, 2.75) is 23.9 Å². The predicted molar refractivity (Wildman–Crippen MR) is 97.7 cm³/mol. The van der Waals surface area contributed by atoms with E-state index in [4.69, 9.17) is 0 Å². The van der Waals surface area contributed by atoms with E-state index in [2.05, 4.69) is 15.0 Å². The summed E-state index contributed by atoms with van der Waals surface area (Å²) in [6.45, 7) is -1.09. The molecule has 0 saturated heterocycles. The number of carbonyl (C=O) groups excluding carboxylic acids is 1. The van der Waals surface area contributed by atoms with Crippen molar-refractivity contribution in [3.8, 4) is 5.75 Å². The standard InChI is InChI=1S/C18H17F2N3O2S/c1-11(26-18-22-14-5-3-4-6-15(14)23(18)2)16(24)21-12-7-9-13(10-8-12)25-17(19)20/h3-11,17H,1-2H3,(H,21,24). The van der Waals surface area contributed by atoms with Crippen LogP contribution < -0.4 is 10.1 Å². The topological polar surface area (TPSA) is 56.2 Å². The number of rotatable bonds is 6. The highest BCUT2D eigenvalue weighted by atomic mass is 32.2. The Balaban J connectivity index is 1.64. The second-order valence-electron chi connectivity index (χ2n) is 5.59. The van der Waals surface area contributed by atoms with Crippen molar-refractivity contribution in [2.24, 2.45) is 7.05 Å². The highest BCUT2D eigenvalue weighted by molar-refractivity contribution is 8.00. The Bertz CT molecular complexity index is 912. The number of benzene rings is 2. The van der Waals surface area contributed by atoms with E-state index in [1.807, 2.05) is 35.9 Å². The van der Waals surface area contributed by atoms with Gasteiger partial charge in [-0.15, -0.1) is 0 Å². The number of hydrogen-bond donors (Lipinski definition) is 1. The van der Waals surface area contributed by atoms with Gasteiger partial charge in [0, 0.05) is 12.7 Å². The van der Waals surface area contributed by atoms with E-state index in [1.54, 1.807) is 6.92 Å². The van der Waals surface area contributed by atoms with Crippen LogP contribution in [0, 0.1) is 0 Å². The third kappa shape index (κ3) is 4.13. The van der Waals surface area contributed by atoms with Gasteiger partial charge in [0.2, 0.25) is 5.91 Å². The molecule has 1 amide bonds. The van der Waals surface area contributed by atoms with Crippen LogP contribution in [0.15, 0.2) is 53.7 Å². The summed E-state index contributed by atoms with van der Waals surface area (Å²) < 4.78 is 30.5. The summed E-state index contributed by atoms with van der Waals surface area (Å²) in [6.07, 6.45) is 0. The smallest absolute Gasteiger partial charge is 0.387 e. The lowest BCUT2D eigenvalue weighted by molar-refractivity contribution is -0.115. The molecule has 136 valence electrons. The lowest BCUT2D eigenvalue weighted by Crippen LogP contribution is -2.22. The Labute approximate surface area is 153 Å². The fourth-order valence-electron chi connectivity index (χ4n) is 2.40. The van der Waals surface area contributed by atoms with Gasteiger partial charge in [-0.1, -0.05) is 23.9 Å². The van der Waals surface area contributed by atoms with Crippen LogP contribution in [0.3, 0.4) is 0 Å². The number of fused-ring (bicyclic) bond motifs is 1. The average molecular weight is 377 g/mol. The van der Waals surface area contributed by atoms with Crippen LogP contribution in [0.5, 0.6) is 5.75 Å². The summed E-state index contributed by atoms with van der Waals surface area (Å²) in [5.41, 5.74) is 2.38. The molecule has 3 aromatic rings. The number of anilines is 1. The van der Waals surface area contributed by atoms with Crippen molar-refractivity contribution in [1.82, 2.24) is 9.55 Å². The number of para-hydroxylation sites is 2. The molecule has 0 spiro atoms. The van der Waals surface area contributed by atoms with Gasteiger partial charge in [0.15, 0.2) is 5.16 Å². The Hall–Kier alpha value is -2.61. The number of amides is 1. The second kappa shape index (κ2) is 7.74. The fraction of sp³-hybridized carbons (Fsp3) is 0.222. The van der Waals surface area contributed by atoms with Gasteiger partial charge < -0.3 is 14.6 Å². The molecule has 2 aromatic carbocycles. The van der Waals surface area contributed by atoms with E-state index in [0.29, 0.717) is 5.69 Å². The average Bonchev–Trinajstić information content (AvgIpc) is 2.92. The number of imidazole rings is 1. The number of thioether (sulfide) groups is 1. The minimum absolute atomic E-state index is 0.0418. The first-order valence-corrected chi connectivity index (χ1v) is 8.76. The fourth-order valence-corrected chi connectivity index (χ4v) is 3.29. The van der Waals surface area contributed by atoms with Gasteiger partial charge in [0.25, 0.3) is 0 Å². The molecule has 3 rings (SSSR count). The molecule has 0 fully saturated rings. The molecule has 26 heavy (non-hydrogen) atoms. The van der Waals surface area contributed by atoms with Gasteiger partial charge in [-0.25, -0.2) is 4.98 Å². The molecule has 0 aliphatic heterocycles. The lowest BCUT2D eigenvalue weighted by atomic mass is 10.3. The zero-order valence-electron chi connectivity index (χ0n) is 14.1. The van der Waals surface area contributed by atoms with Crippen molar-refractivity contribution >= 4 is 34.4 Å². The first kappa shape index (κ1) is 18.2. The van der Waals surface area contributed by atoms with Crippen LogP contribution in [0.4, 0.5) is 14.5 Å². The Morgan fingerprint density at radius 2 is 1.88 bits per heavy atom. The van der Waals surface area contributed by atoms with Crippen molar-refractivity contribution < 1.29 is 18.3 Å². The molecule has 8 heteroatoms. The Kier molecular flexibility index (Phi) is 5.41. The highest BCUT2D eigenvalue weighted by Crippen LogP contribution is 2.27. The maximum atomic E-state index is 12.4. The summed E-state index contributed by atoms with van der Waals surface area (Å²) in [7, 11) is 1.91.